The molecule has 5 heterocycles. The van der Waals surface area contributed by atoms with Gasteiger partial charge in [-0.3, -0.25) is 19.3 Å². The second-order valence-electron chi connectivity index (χ2n) is 12.4. The van der Waals surface area contributed by atoms with Crippen LogP contribution in [0.3, 0.4) is 0 Å². The number of nitrogen functional groups attached to an aromatic ring is 1. The number of carbonyl (C=O) groups is 5. The molecule has 0 saturated carbocycles. The Balaban J connectivity index is 1.23. The van der Waals surface area contributed by atoms with Gasteiger partial charge in [-0.05, 0) is 38.5 Å². The lowest BCUT2D eigenvalue weighted by Gasteiger charge is -2.49. The molecule has 20 heteroatoms. The zero-order valence-electron chi connectivity index (χ0n) is 27.4. The summed E-state index contributed by atoms with van der Waals surface area (Å²) >= 11 is 2.21. The van der Waals surface area contributed by atoms with E-state index in [0.29, 0.717) is 29.8 Å². The van der Waals surface area contributed by atoms with Crippen molar-refractivity contribution in [2.75, 3.05) is 22.9 Å². The van der Waals surface area contributed by atoms with E-state index in [2.05, 4.69) is 15.5 Å². The number of aromatic hydroxyl groups is 2. The first-order valence-corrected chi connectivity index (χ1v) is 17.5. The number of β-lactam (4-membered cyclic amide) rings is 1. The second-order valence-corrected chi connectivity index (χ2v) is 14.4. The molecular weight excluding hydrogens is 726 g/mol. The van der Waals surface area contributed by atoms with Crippen molar-refractivity contribution in [3.05, 3.63) is 69.9 Å². The van der Waals surface area contributed by atoms with Gasteiger partial charge in [-0.2, -0.15) is 4.57 Å². The molecule has 272 valence electrons. The number of nitrogens with one attached hydrogen (secondary N) is 1. The number of aromatic nitrogens is 2. The van der Waals surface area contributed by atoms with Crippen LogP contribution >= 0.6 is 23.1 Å². The molecule has 0 bridgehead atoms. The quantitative estimate of drug-likeness (QED) is 0.0560. The van der Waals surface area contributed by atoms with Crippen LogP contribution in [0.25, 0.3) is 0 Å². The number of anilines is 2. The lowest BCUT2D eigenvalue weighted by molar-refractivity contribution is -0.695. The molecule has 1 fully saturated rings. The van der Waals surface area contributed by atoms with Gasteiger partial charge in [-0.1, -0.05) is 5.16 Å². The van der Waals surface area contributed by atoms with Crippen molar-refractivity contribution >= 4 is 69.3 Å². The molecule has 7 N–H and O–H groups in total. The summed E-state index contributed by atoms with van der Waals surface area (Å²) in [4.78, 5) is 76.1. The average molecular weight is 757 g/mol. The molecular formula is C32H31FN7O10S2+. The Morgan fingerprint density at radius 2 is 1.98 bits per heavy atom. The summed E-state index contributed by atoms with van der Waals surface area (Å²) in [6.07, 6.45) is 2.74. The van der Waals surface area contributed by atoms with E-state index in [0.717, 1.165) is 28.4 Å². The number of thiazole rings is 1. The predicted octanol–water partition coefficient (Wildman–Crippen LogP) is 1.18. The fourth-order valence-electron chi connectivity index (χ4n) is 5.86. The maximum atomic E-state index is 14.1. The van der Waals surface area contributed by atoms with Crippen molar-refractivity contribution in [2.45, 2.75) is 50.3 Å². The van der Waals surface area contributed by atoms with Crippen molar-refractivity contribution in [3.63, 3.8) is 0 Å². The number of halogens is 1. The van der Waals surface area contributed by atoms with Crippen molar-refractivity contribution in [1.82, 2.24) is 15.2 Å². The minimum Gasteiger partial charge on any atom is -0.504 e. The Bertz CT molecular complexity index is 2080. The Labute approximate surface area is 301 Å². The number of nitrogens with two attached hydrogens (primary N) is 1. The first kappa shape index (κ1) is 36.0. The molecule has 0 spiro atoms. The van der Waals surface area contributed by atoms with Crippen LogP contribution in [0.5, 0.6) is 11.5 Å². The number of rotatable bonds is 10. The molecule has 2 aromatic heterocycles. The van der Waals surface area contributed by atoms with Crippen molar-refractivity contribution < 1.29 is 58.2 Å². The van der Waals surface area contributed by atoms with E-state index in [1.165, 1.54) is 35.9 Å². The number of aliphatic carboxylic acids is 2. The summed E-state index contributed by atoms with van der Waals surface area (Å²) in [5.41, 5.74) is 4.58. The van der Waals surface area contributed by atoms with Gasteiger partial charge in [0.05, 0.1) is 0 Å². The summed E-state index contributed by atoms with van der Waals surface area (Å²) in [6, 6.07) is 3.99. The summed E-state index contributed by atoms with van der Waals surface area (Å²) in [5, 5.41) is 46.1. The van der Waals surface area contributed by atoms with Gasteiger partial charge < -0.3 is 41.2 Å². The van der Waals surface area contributed by atoms with Crippen molar-refractivity contribution in [2.24, 2.45) is 5.16 Å². The molecule has 3 aliphatic heterocycles. The Hall–Kier alpha value is -5.76. The number of carbonyl (C=O) groups excluding carboxylic acids is 3. The molecule has 0 aliphatic carbocycles. The molecule has 17 nitrogen and oxygen atoms in total. The van der Waals surface area contributed by atoms with Gasteiger partial charge in [0.25, 0.3) is 17.7 Å². The SMILES string of the molecule is CC(C)(O/N=C(\C(=O)N[C@@H]1C(=O)N2C(C(=O)O)=C(C[n+]3cccc4c3CCCN4C(=O)c3cc(O)c(O)c(F)c3)CS[C@H]12)c1csc(N)n1)C(=O)O. The highest BCUT2D eigenvalue weighted by Crippen LogP contribution is 2.41. The number of carboxylic acid groups (broad SMARTS) is 2. The second kappa shape index (κ2) is 13.8. The lowest BCUT2D eigenvalue weighted by atomic mass is 10.0. The predicted molar refractivity (Wildman–Crippen MR) is 182 cm³/mol. The number of pyridine rings is 1. The largest absolute Gasteiger partial charge is 0.504 e. The van der Waals surface area contributed by atoms with Gasteiger partial charge in [0.15, 0.2) is 40.9 Å². The number of fused-ring (bicyclic) bond motifs is 2. The van der Waals surface area contributed by atoms with E-state index in [1.807, 2.05) is 0 Å². The van der Waals surface area contributed by atoms with E-state index in [9.17, 15) is 48.8 Å². The molecule has 3 aliphatic rings. The Morgan fingerprint density at radius 1 is 1.23 bits per heavy atom. The maximum absolute atomic E-state index is 14.1. The normalized spacial score (nSPS) is 18.7. The number of oxime groups is 1. The first-order valence-electron chi connectivity index (χ1n) is 15.6. The summed E-state index contributed by atoms with van der Waals surface area (Å²) in [6.45, 7) is 2.76. The number of hydrogen-bond donors (Lipinski definition) is 6. The third-order valence-electron chi connectivity index (χ3n) is 8.54. The van der Waals surface area contributed by atoms with Crippen LogP contribution in [0.2, 0.25) is 0 Å². The molecule has 52 heavy (non-hydrogen) atoms. The fourth-order valence-corrected chi connectivity index (χ4v) is 7.74. The average Bonchev–Trinajstić information content (AvgIpc) is 3.53. The highest BCUT2D eigenvalue weighted by molar-refractivity contribution is 8.00. The monoisotopic (exact) mass is 756 g/mol. The standard InChI is InChI=1S/C32H30FN7O10S2/c1-32(2,30(48)49)50-37-21(17-13-52-31(34)35-17)25(43)36-22-27(45)40-23(29(46)47)15(12-51-28(22)40)11-38-7-3-6-19-18(38)5-4-8-39(19)26(44)14-9-16(33)24(42)20(41)10-14/h3,6-7,9-10,13,22,28H,4-5,8,11-12H2,1-2H3,(H6-,34,35,36,37,41,42,43,44,46,47,48,49)/p+1/t22-,28-/m1/s1. The van der Waals surface area contributed by atoms with E-state index in [-0.39, 0.29) is 40.9 Å². The third-order valence-corrected chi connectivity index (χ3v) is 10.6. The zero-order valence-corrected chi connectivity index (χ0v) is 29.0. The lowest BCUT2D eigenvalue weighted by Crippen LogP contribution is -2.71. The number of carboxylic acids is 2. The van der Waals surface area contributed by atoms with Gasteiger partial charge in [0.2, 0.25) is 11.3 Å². The fraction of sp³-hybridized carbons (Fsp3) is 0.312. The topological polar surface area (TPSA) is 249 Å². The van der Waals surface area contributed by atoms with E-state index in [1.54, 1.807) is 22.9 Å². The van der Waals surface area contributed by atoms with Crippen molar-refractivity contribution in [1.29, 1.82) is 0 Å². The molecule has 3 amide bonds. The van der Waals surface area contributed by atoms with Crippen LogP contribution in [-0.2, 0) is 37.0 Å². The number of nitrogens with zero attached hydrogens (tertiary/aromatic N) is 5. The first-order chi connectivity index (χ1) is 24.6. The summed E-state index contributed by atoms with van der Waals surface area (Å²) in [5.74, 6) is -7.70. The number of phenolic OH excluding ortho intramolecular Hbond substituents is 2. The zero-order chi connectivity index (χ0) is 37.6. The number of hydrogen-bond acceptors (Lipinski definition) is 13. The van der Waals surface area contributed by atoms with Gasteiger partial charge in [-0.25, -0.2) is 19.0 Å². The molecule has 2 atom stereocenters. The van der Waals surface area contributed by atoms with Gasteiger partial charge in [-0.15, -0.1) is 23.1 Å². The molecule has 6 rings (SSSR count). The minimum atomic E-state index is -1.81. The smallest absolute Gasteiger partial charge is 0.352 e. The molecule has 3 aromatic rings. The number of phenols is 2. The van der Waals surface area contributed by atoms with Crippen LogP contribution < -0.4 is 20.5 Å². The van der Waals surface area contributed by atoms with Crippen LogP contribution in [0, 0.1) is 5.82 Å². The number of thioether (sulfide) groups is 1. The van der Waals surface area contributed by atoms with E-state index >= 15 is 0 Å². The van der Waals surface area contributed by atoms with E-state index in [4.69, 9.17) is 10.6 Å². The van der Waals surface area contributed by atoms with Gasteiger partial charge >= 0.3 is 11.9 Å². The van der Waals surface area contributed by atoms with Crippen LogP contribution in [0.4, 0.5) is 15.2 Å². The highest BCUT2D eigenvalue weighted by atomic mass is 32.2. The Kier molecular flexibility index (Phi) is 9.53. The van der Waals surface area contributed by atoms with Gasteiger partial charge in [0.1, 0.15) is 28.5 Å². The summed E-state index contributed by atoms with van der Waals surface area (Å²) < 4.78 is 15.9. The van der Waals surface area contributed by atoms with Crippen LogP contribution in [-0.4, -0.2) is 95.0 Å². The Morgan fingerprint density at radius 3 is 2.63 bits per heavy atom. The number of amides is 3. The minimum absolute atomic E-state index is 0.0219. The molecule has 0 unspecified atom stereocenters. The maximum Gasteiger partial charge on any atom is 0.352 e. The molecule has 1 aromatic carbocycles. The highest BCUT2D eigenvalue weighted by Gasteiger charge is 2.55. The molecule has 1 saturated heterocycles. The number of benzene rings is 1. The van der Waals surface area contributed by atoms with E-state index < -0.39 is 69.7 Å². The summed E-state index contributed by atoms with van der Waals surface area (Å²) in [7, 11) is 0. The van der Waals surface area contributed by atoms with Crippen LogP contribution in [0.15, 0.2) is 52.3 Å². The van der Waals surface area contributed by atoms with Gasteiger partial charge in [0, 0.05) is 41.3 Å². The van der Waals surface area contributed by atoms with Crippen LogP contribution in [0.1, 0.15) is 42.0 Å². The van der Waals surface area contributed by atoms with Crippen molar-refractivity contribution in [3.8, 4) is 11.5 Å². The molecule has 0 radical (unpaired) electrons. The third kappa shape index (κ3) is 6.57.